The number of hydrogen-bond acceptors (Lipinski definition) is 3. The van der Waals surface area contributed by atoms with Crippen LogP contribution in [0.4, 0.5) is 10.1 Å². The second-order valence-electron chi connectivity index (χ2n) is 6.51. The zero-order valence-corrected chi connectivity index (χ0v) is 16.3. The Bertz CT molecular complexity index is 1120. The van der Waals surface area contributed by atoms with Gasteiger partial charge in [-0.1, -0.05) is 30.3 Å². The van der Waals surface area contributed by atoms with Crippen molar-refractivity contribution < 1.29 is 14.0 Å². The lowest BCUT2D eigenvalue weighted by molar-refractivity contribution is -0.116. The zero-order valence-electron chi connectivity index (χ0n) is 16.3. The van der Waals surface area contributed by atoms with E-state index in [2.05, 4.69) is 5.32 Å². The lowest BCUT2D eigenvalue weighted by atomic mass is 10.1. The number of carbonyl (C=O) groups is 2. The van der Waals surface area contributed by atoms with E-state index in [0.29, 0.717) is 29.6 Å². The molecule has 2 amide bonds. The first-order valence-corrected chi connectivity index (χ1v) is 9.42. The van der Waals surface area contributed by atoms with E-state index in [0.717, 1.165) is 0 Å². The predicted molar refractivity (Wildman–Crippen MR) is 110 cm³/mol. The molecule has 0 saturated heterocycles. The number of para-hydroxylation sites is 2. The summed E-state index contributed by atoms with van der Waals surface area (Å²) >= 11 is 0. The third-order valence-electron chi connectivity index (χ3n) is 4.75. The van der Waals surface area contributed by atoms with Gasteiger partial charge in [-0.15, -0.1) is 0 Å². The SMILES string of the molecule is CCN(CC)C(=O)c1cc(=O)n(CC(=O)Nc2ccccc2F)c2ccccc12. The Morgan fingerprint density at radius 2 is 1.69 bits per heavy atom. The number of aromatic nitrogens is 1. The fourth-order valence-electron chi connectivity index (χ4n) is 3.25. The molecule has 0 bridgehead atoms. The largest absolute Gasteiger partial charge is 0.339 e. The van der Waals surface area contributed by atoms with Crippen molar-refractivity contribution in [2.45, 2.75) is 20.4 Å². The molecule has 1 N–H and O–H groups in total. The molecule has 0 fully saturated rings. The summed E-state index contributed by atoms with van der Waals surface area (Å²) < 4.78 is 15.1. The molecular formula is C22H22FN3O3. The fraction of sp³-hybridized carbons (Fsp3) is 0.227. The number of pyridine rings is 1. The molecule has 0 aliphatic carbocycles. The molecule has 0 aliphatic rings. The summed E-state index contributed by atoms with van der Waals surface area (Å²) in [4.78, 5) is 39.7. The van der Waals surface area contributed by atoms with Gasteiger partial charge in [0.2, 0.25) is 5.91 Å². The number of rotatable bonds is 6. The van der Waals surface area contributed by atoms with E-state index in [4.69, 9.17) is 0 Å². The molecule has 1 heterocycles. The van der Waals surface area contributed by atoms with Crippen LogP contribution in [0.1, 0.15) is 24.2 Å². The van der Waals surface area contributed by atoms with Gasteiger partial charge in [0, 0.05) is 24.5 Å². The third kappa shape index (κ3) is 4.18. The Hall–Kier alpha value is -3.48. The molecule has 0 radical (unpaired) electrons. The maximum Gasteiger partial charge on any atom is 0.254 e. The molecule has 3 rings (SSSR count). The van der Waals surface area contributed by atoms with Crippen LogP contribution in [0, 0.1) is 5.82 Å². The number of halogens is 1. The summed E-state index contributed by atoms with van der Waals surface area (Å²) in [5, 5.41) is 3.06. The van der Waals surface area contributed by atoms with E-state index in [1.807, 2.05) is 13.8 Å². The van der Waals surface area contributed by atoms with E-state index in [9.17, 15) is 18.8 Å². The van der Waals surface area contributed by atoms with Gasteiger partial charge in [0.05, 0.1) is 16.8 Å². The number of benzene rings is 2. The number of anilines is 1. The summed E-state index contributed by atoms with van der Waals surface area (Å²) in [6.07, 6.45) is 0. The maximum absolute atomic E-state index is 13.8. The second kappa shape index (κ2) is 8.68. The molecule has 0 spiro atoms. The number of amides is 2. The van der Waals surface area contributed by atoms with Crippen molar-refractivity contribution in [3.05, 3.63) is 76.3 Å². The molecule has 0 saturated carbocycles. The van der Waals surface area contributed by atoms with Crippen LogP contribution in [-0.2, 0) is 11.3 Å². The van der Waals surface area contributed by atoms with Crippen molar-refractivity contribution in [2.24, 2.45) is 0 Å². The fourth-order valence-corrected chi connectivity index (χ4v) is 3.25. The summed E-state index contributed by atoms with van der Waals surface area (Å²) in [7, 11) is 0. The molecule has 29 heavy (non-hydrogen) atoms. The summed E-state index contributed by atoms with van der Waals surface area (Å²) in [5.74, 6) is -1.32. The number of fused-ring (bicyclic) bond motifs is 1. The predicted octanol–water partition coefficient (Wildman–Crippen LogP) is 3.26. The van der Waals surface area contributed by atoms with Crippen molar-refractivity contribution in [2.75, 3.05) is 18.4 Å². The number of nitrogens with one attached hydrogen (secondary N) is 1. The quantitative estimate of drug-likeness (QED) is 0.696. The standard InChI is InChI=1S/C22H22FN3O3/c1-3-25(4-2)22(29)16-13-21(28)26(19-12-8-5-9-15(16)19)14-20(27)24-18-11-7-6-10-17(18)23/h5-13H,3-4,14H2,1-2H3,(H,24,27). The zero-order chi connectivity index (χ0) is 21.0. The minimum atomic E-state index is -0.557. The Morgan fingerprint density at radius 1 is 1.03 bits per heavy atom. The van der Waals surface area contributed by atoms with E-state index < -0.39 is 17.3 Å². The van der Waals surface area contributed by atoms with Crippen LogP contribution in [0.3, 0.4) is 0 Å². The normalized spacial score (nSPS) is 10.7. The van der Waals surface area contributed by atoms with Gasteiger partial charge in [-0.25, -0.2) is 4.39 Å². The molecule has 0 unspecified atom stereocenters. The van der Waals surface area contributed by atoms with E-state index in [1.54, 1.807) is 35.2 Å². The van der Waals surface area contributed by atoms with E-state index in [-0.39, 0.29) is 18.1 Å². The Kier molecular flexibility index (Phi) is 6.07. The van der Waals surface area contributed by atoms with Crippen LogP contribution >= 0.6 is 0 Å². The molecule has 6 nitrogen and oxygen atoms in total. The van der Waals surface area contributed by atoms with Gasteiger partial charge in [-0.05, 0) is 32.0 Å². The number of nitrogens with zero attached hydrogens (tertiary/aromatic N) is 2. The van der Waals surface area contributed by atoms with Crippen molar-refractivity contribution in [1.29, 1.82) is 0 Å². The Morgan fingerprint density at radius 3 is 2.38 bits per heavy atom. The van der Waals surface area contributed by atoms with Crippen LogP contribution in [0.5, 0.6) is 0 Å². The molecule has 2 aromatic carbocycles. The number of hydrogen-bond donors (Lipinski definition) is 1. The highest BCUT2D eigenvalue weighted by Crippen LogP contribution is 2.19. The van der Waals surface area contributed by atoms with Crippen LogP contribution in [0.2, 0.25) is 0 Å². The van der Waals surface area contributed by atoms with Crippen molar-refractivity contribution in [3.63, 3.8) is 0 Å². The minimum Gasteiger partial charge on any atom is -0.339 e. The molecule has 0 atom stereocenters. The van der Waals surface area contributed by atoms with Gasteiger partial charge in [-0.3, -0.25) is 19.0 Å². The van der Waals surface area contributed by atoms with Crippen molar-refractivity contribution >= 4 is 28.4 Å². The molecule has 0 aliphatic heterocycles. The van der Waals surface area contributed by atoms with Gasteiger partial charge < -0.3 is 10.2 Å². The maximum atomic E-state index is 13.8. The molecular weight excluding hydrogens is 373 g/mol. The van der Waals surface area contributed by atoms with Gasteiger partial charge in [0.1, 0.15) is 12.4 Å². The topological polar surface area (TPSA) is 71.4 Å². The van der Waals surface area contributed by atoms with Gasteiger partial charge in [0.25, 0.3) is 11.5 Å². The van der Waals surface area contributed by atoms with Gasteiger partial charge in [-0.2, -0.15) is 0 Å². The first-order valence-electron chi connectivity index (χ1n) is 9.42. The highest BCUT2D eigenvalue weighted by molar-refractivity contribution is 6.06. The highest BCUT2D eigenvalue weighted by atomic mass is 19.1. The molecule has 7 heteroatoms. The number of carbonyl (C=O) groups excluding carboxylic acids is 2. The monoisotopic (exact) mass is 395 g/mol. The second-order valence-corrected chi connectivity index (χ2v) is 6.51. The average Bonchev–Trinajstić information content (AvgIpc) is 2.72. The first kappa shape index (κ1) is 20.3. The van der Waals surface area contributed by atoms with Crippen LogP contribution in [0.15, 0.2) is 59.4 Å². The van der Waals surface area contributed by atoms with Gasteiger partial charge >= 0.3 is 0 Å². The third-order valence-corrected chi connectivity index (χ3v) is 4.75. The highest BCUT2D eigenvalue weighted by Gasteiger charge is 2.19. The Balaban J connectivity index is 2.00. The lowest BCUT2D eigenvalue weighted by Gasteiger charge is -2.20. The van der Waals surface area contributed by atoms with E-state index in [1.165, 1.54) is 28.8 Å². The lowest BCUT2D eigenvalue weighted by Crippen LogP contribution is -2.33. The Labute approximate surface area is 167 Å². The summed E-state index contributed by atoms with van der Waals surface area (Å²) in [6, 6.07) is 14.0. The molecule has 1 aromatic heterocycles. The smallest absolute Gasteiger partial charge is 0.254 e. The molecule has 150 valence electrons. The molecule has 3 aromatic rings. The van der Waals surface area contributed by atoms with E-state index >= 15 is 0 Å². The van der Waals surface area contributed by atoms with Crippen LogP contribution in [-0.4, -0.2) is 34.4 Å². The first-order chi connectivity index (χ1) is 14.0. The van der Waals surface area contributed by atoms with Crippen LogP contribution in [0.25, 0.3) is 10.9 Å². The van der Waals surface area contributed by atoms with Crippen molar-refractivity contribution in [1.82, 2.24) is 9.47 Å². The summed E-state index contributed by atoms with van der Waals surface area (Å²) in [6.45, 7) is 4.50. The minimum absolute atomic E-state index is 0.0446. The van der Waals surface area contributed by atoms with Crippen LogP contribution < -0.4 is 10.9 Å². The average molecular weight is 395 g/mol. The van der Waals surface area contributed by atoms with Gasteiger partial charge in [0.15, 0.2) is 0 Å². The summed E-state index contributed by atoms with van der Waals surface area (Å²) in [5.41, 5.74) is 0.352. The van der Waals surface area contributed by atoms with Crippen molar-refractivity contribution in [3.8, 4) is 0 Å².